The molecule has 0 fully saturated rings. The van der Waals surface area contributed by atoms with Crippen LogP contribution >= 0.6 is 0 Å². The number of primary sulfonamides is 1. The summed E-state index contributed by atoms with van der Waals surface area (Å²) in [5.41, 5.74) is 0. The van der Waals surface area contributed by atoms with Crippen LogP contribution in [0.15, 0.2) is 34.1 Å². The summed E-state index contributed by atoms with van der Waals surface area (Å²) in [6.45, 7) is 1.10. The van der Waals surface area contributed by atoms with Crippen molar-refractivity contribution in [2.75, 3.05) is 0 Å². The molecule has 0 radical (unpaired) electrons. The zero-order valence-corrected chi connectivity index (χ0v) is 12.4. The summed E-state index contributed by atoms with van der Waals surface area (Å²) in [4.78, 5) is 9.95. The molecule has 5 N–H and O–H groups in total. The van der Waals surface area contributed by atoms with E-state index in [-0.39, 0.29) is 0 Å². The van der Waals surface area contributed by atoms with Gasteiger partial charge in [-0.05, 0) is 25.1 Å². The molecular formula is C10H14N2O7S2. The fourth-order valence-corrected chi connectivity index (χ4v) is 3.35. The summed E-state index contributed by atoms with van der Waals surface area (Å²) in [5.74, 6) is -1.57. The molecule has 0 aliphatic carbocycles. The number of carbonyl (C=O) groups is 1. The lowest BCUT2D eigenvalue weighted by Crippen LogP contribution is -2.47. The van der Waals surface area contributed by atoms with Gasteiger partial charge in [-0.1, -0.05) is 6.07 Å². The summed E-state index contributed by atoms with van der Waals surface area (Å²) < 4.78 is 48.2. The molecule has 0 heterocycles. The molecule has 0 aliphatic rings. The lowest BCUT2D eigenvalue weighted by atomic mass is 10.2. The van der Waals surface area contributed by atoms with Crippen molar-refractivity contribution in [1.82, 2.24) is 4.72 Å². The van der Waals surface area contributed by atoms with Gasteiger partial charge in [0.25, 0.3) is 0 Å². The van der Waals surface area contributed by atoms with Crippen molar-refractivity contribution >= 4 is 26.0 Å². The van der Waals surface area contributed by atoms with Crippen LogP contribution in [-0.4, -0.2) is 45.2 Å². The largest absolute Gasteiger partial charge is 0.480 e. The van der Waals surface area contributed by atoms with E-state index in [1.165, 1.54) is 0 Å². The molecule has 0 aromatic heterocycles. The van der Waals surface area contributed by atoms with Crippen molar-refractivity contribution in [3.05, 3.63) is 24.3 Å². The van der Waals surface area contributed by atoms with E-state index in [1.54, 1.807) is 4.72 Å². The molecule has 1 aromatic carbocycles. The number of rotatable bonds is 6. The normalized spacial score (nSPS) is 15.4. The van der Waals surface area contributed by atoms with E-state index >= 15 is 0 Å². The Hall–Kier alpha value is -1.53. The Bertz CT molecular complexity index is 740. The van der Waals surface area contributed by atoms with Crippen molar-refractivity contribution < 1.29 is 31.8 Å². The number of hydrogen-bond acceptors (Lipinski definition) is 6. The summed E-state index contributed by atoms with van der Waals surface area (Å²) in [6.07, 6.45) is -1.49. The molecule has 0 spiro atoms. The third-order valence-corrected chi connectivity index (χ3v) is 4.82. The minimum Gasteiger partial charge on any atom is -0.480 e. The molecule has 118 valence electrons. The Labute approximate surface area is 121 Å². The summed E-state index contributed by atoms with van der Waals surface area (Å²) in [5, 5.41) is 23.0. The first-order valence-electron chi connectivity index (χ1n) is 5.51. The highest BCUT2D eigenvalue weighted by Gasteiger charge is 2.29. The monoisotopic (exact) mass is 338 g/mol. The van der Waals surface area contributed by atoms with Crippen LogP contribution < -0.4 is 9.86 Å². The van der Waals surface area contributed by atoms with E-state index in [2.05, 4.69) is 0 Å². The lowest BCUT2D eigenvalue weighted by Gasteiger charge is -2.17. The zero-order valence-electron chi connectivity index (χ0n) is 10.8. The average Bonchev–Trinajstić information content (AvgIpc) is 2.34. The van der Waals surface area contributed by atoms with Crippen LogP contribution in [0.2, 0.25) is 0 Å². The van der Waals surface area contributed by atoms with E-state index in [9.17, 15) is 26.7 Å². The molecule has 11 heteroatoms. The van der Waals surface area contributed by atoms with E-state index in [0.717, 1.165) is 31.2 Å². The van der Waals surface area contributed by atoms with E-state index in [0.29, 0.717) is 0 Å². The molecule has 0 unspecified atom stereocenters. The lowest BCUT2D eigenvalue weighted by molar-refractivity contribution is -0.141. The zero-order chi connectivity index (χ0) is 16.4. The maximum absolute atomic E-state index is 12.0. The summed E-state index contributed by atoms with van der Waals surface area (Å²) >= 11 is 0. The second-order valence-corrected chi connectivity index (χ2v) is 7.47. The minimum absolute atomic E-state index is 0.436. The molecule has 1 rings (SSSR count). The first kappa shape index (κ1) is 17.5. The fourth-order valence-electron chi connectivity index (χ4n) is 1.41. The van der Waals surface area contributed by atoms with Crippen molar-refractivity contribution in [2.45, 2.75) is 28.9 Å². The van der Waals surface area contributed by atoms with Crippen LogP contribution in [0, 0.1) is 0 Å². The molecule has 0 saturated heterocycles. The quantitative estimate of drug-likeness (QED) is 0.487. The Morgan fingerprint density at radius 1 is 1.24 bits per heavy atom. The number of aliphatic hydroxyl groups is 1. The summed E-state index contributed by atoms with van der Waals surface area (Å²) in [7, 11) is -8.45. The third kappa shape index (κ3) is 4.47. The number of benzene rings is 1. The number of sulfonamides is 2. The number of nitrogens with one attached hydrogen (secondary N) is 1. The molecule has 0 amide bonds. The first-order valence-corrected chi connectivity index (χ1v) is 8.54. The molecular weight excluding hydrogens is 324 g/mol. The van der Waals surface area contributed by atoms with Crippen LogP contribution in [0.1, 0.15) is 6.92 Å². The molecule has 1 aromatic rings. The van der Waals surface area contributed by atoms with Gasteiger partial charge < -0.3 is 10.2 Å². The van der Waals surface area contributed by atoms with Gasteiger partial charge in [0.15, 0.2) is 0 Å². The van der Waals surface area contributed by atoms with Gasteiger partial charge in [-0.3, -0.25) is 4.79 Å². The highest BCUT2D eigenvalue weighted by molar-refractivity contribution is 7.90. The van der Waals surface area contributed by atoms with Gasteiger partial charge in [0, 0.05) is 0 Å². The highest BCUT2D eigenvalue weighted by Crippen LogP contribution is 2.15. The van der Waals surface area contributed by atoms with Gasteiger partial charge in [0.05, 0.1) is 15.9 Å². The number of carboxylic acid groups (broad SMARTS) is 1. The molecule has 0 bridgehead atoms. The number of aliphatic hydroxyl groups excluding tert-OH is 1. The van der Waals surface area contributed by atoms with E-state index in [4.69, 9.17) is 10.2 Å². The van der Waals surface area contributed by atoms with E-state index in [1.807, 2.05) is 0 Å². The smallest absolute Gasteiger partial charge is 0.324 e. The van der Waals surface area contributed by atoms with Crippen molar-refractivity contribution in [1.29, 1.82) is 0 Å². The van der Waals surface area contributed by atoms with Gasteiger partial charge in [0.1, 0.15) is 6.04 Å². The minimum atomic E-state index is -4.34. The second kappa shape index (κ2) is 6.07. The summed E-state index contributed by atoms with van der Waals surface area (Å²) in [6, 6.07) is 2.33. The SMILES string of the molecule is C[C@@H](O)[C@H](NS(=O)(=O)c1cccc(S(N)(=O)=O)c1)C(=O)O. The maximum Gasteiger partial charge on any atom is 0.324 e. The van der Waals surface area contributed by atoms with Crippen LogP contribution in [0.3, 0.4) is 0 Å². The van der Waals surface area contributed by atoms with E-state index < -0.39 is 48.0 Å². The number of aliphatic carboxylic acids is 1. The molecule has 21 heavy (non-hydrogen) atoms. The topological polar surface area (TPSA) is 164 Å². The van der Waals surface area contributed by atoms with Gasteiger partial charge in [-0.2, -0.15) is 4.72 Å². The van der Waals surface area contributed by atoms with Gasteiger partial charge in [-0.15, -0.1) is 0 Å². The van der Waals surface area contributed by atoms with Crippen LogP contribution in [0.25, 0.3) is 0 Å². The molecule has 0 saturated carbocycles. The standard InChI is InChI=1S/C10H14N2O7S2/c1-6(13)9(10(14)15)12-21(18,19)8-4-2-3-7(5-8)20(11,16)17/h2-6,9,12-13H,1H3,(H,14,15)(H2,11,16,17)/t6-,9+/m1/s1. The van der Waals surface area contributed by atoms with Crippen molar-refractivity contribution in [3.8, 4) is 0 Å². The van der Waals surface area contributed by atoms with Crippen LogP contribution in [0.4, 0.5) is 0 Å². The van der Waals surface area contributed by atoms with Crippen LogP contribution in [-0.2, 0) is 24.8 Å². The van der Waals surface area contributed by atoms with Crippen molar-refractivity contribution in [2.24, 2.45) is 5.14 Å². The second-order valence-electron chi connectivity index (χ2n) is 4.20. The predicted molar refractivity (Wildman–Crippen MR) is 71.2 cm³/mol. The van der Waals surface area contributed by atoms with Crippen LogP contribution in [0.5, 0.6) is 0 Å². The van der Waals surface area contributed by atoms with Gasteiger partial charge >= 0.3 is 5.97 Å². The number of hydrogen-bond donors (Lipinski definition) is 4. The Morgan fingerprint density at radius 3 is 2.19 bits per heavy atom. The molecule has 2 atom stereocenters. The van der Waals surface area contributed by atoms with Gasteiger partial charge in [0.2, 0.25) is 20.0 Å². The predicted octanol–water partition coefficient (Wildman–Crippen LogP) is -1.55. The molecule has 0 aliphatic heterocycles. The fraction of sp³-hybridized carbons (Fsp3) is 0.300. The Balaban J connectivity index is 3.23. The van der Waals surface area contributed by atoms with Crippen molar-refractivity contribution in [3.63, 3.8) is 0 Å². The number of carboxylic acids is 1. The third-order valence-electron chi connectivity index (χ3n) is 2.47. The Morgan fingerprint density at radius 2 is 1.76 bits per heavy atom. The first-order chi connectivity index (χ1) is 9.45. The van der Waals surface area contributed by atoms with Gasteiger partial charge in [-0.25, -0.2) is 22.0 Å². The molecule has 9 nitrogen and oxygen atoms in total. The highest BCUT2D eigenvalue weighted by atomic mass is 32.2. The average molecular weight is 338 g/mol. The number of nitrogens with two attached hydrogens (primary N) is 1. The maximum atomic E-state index is 12.0. The Kier molecular flexibility index (Phi) is 5.07.